The highest BCUT2D eigenvalue weighted by molar-refractivity contribution is 7.89. The Morgan fingerprint density at radius 3 is 2.60 bits per heavy atom. The van der Waals surface area contributed by atoms with Gasteiger partial charge >= 0.3 is 0 Å². The van der Waals surface area contributed by atoms with Gasteiger partial charge in [-0.3, -0.25) is 0 Å². The van der Waals surface area contributed by atoms with Gasteiger partial charge in [-0.1, -0.05) is 17.7 Å². The minimum atomic E-state index is -3.49. The van der Waals surface area contributed by atoms with E-state index < -0.39 is 10.0 Å². The minimum absolute atomic E-state index is 0.270. The SMILES string of the molecule is Cc1ccc(S(=O)(=O)N2CCCC(N(C)CCCN(C)C)C2)cc1Cl. The second-order valence-electron chi connectivity index (χ2n) is 7.21. The van der Waals surface area contributed by atoms with Gasteiger partial charge in [-0.05, 0) is 78.1 Å². The number of likely N-dealkylation sites (N-methyl/N-ethyl adjacent to an activating group) is 1. The third-order valence-electron chi connectivity index (χ3n) is 4.88. The van der Waals surface area contributed by atoms with Crippen molar-refractivity contribution in [2.45, 2.75) is 37.1 Å². The van der Waals surface area contributed by atoms with Crippen molar-refractivity contribution >= 4 is 21.6 Å². The second kappa shape index (κ2) is 8.82. The van der Waals surface area contributed by atoms with E-state index in [0.29, 0.717) is 23.0 Å². The summed E-state index contributed by atoms with van der Waals surface area (Å²) < 4.78 is 27.5. The molecular formula is C18H30ClN3O2S. The summed E-state index contributed by atoms with van der Waals surface area (Å²) in [6.07, 6.45) is 3.01. The normalized spacial score (nSPS) is 19.7. The Kier molecular flexibility index (Phi) is 7.29. The Morgan fingerprint density at radius 2 is 1.96 bits per heavy atom. The lowest BCUT2D eigenvalue weighted by Gasteiger charge is -2.37. The number of nitrogens with zero attached hydrogens (tertiary/aromatic N) is 3. The van der Waals surface area contributed by atoms with Crippen molar-refractivity contribution in [2.24, 2.45) is 0 Å². The van der Waals surface area contributed by atoms with Gasteiger partial charge < -0.3 is 9.80 Å². The molecule has 7 heteroatoms. The Labute approximate surface area is 157 Å². The quantitative estimate of drug-likeness (QED) is 0.721. The third-order valence-corrected chi connectivity index (χ3v) is 7.15. The van der Waals surface area contributed by atoms with E-state index in [4.69, 9.17) is 11.6 Å². The van der Waals surface area contributed by atoms with Gasteiger partial charge in [0.2, 0.25) is 10.0 Å². The molecule has 0 saturated carbocycles. The van der Waals surface area contributed by atoms with Gasteiger partial charge in [0.15, 0.2) is 0 Å². The van der Waals surface area contributed by atoms with Crippen molar-refractivity contribution < 1.29 is 8.42 Å². The summed E-state index contributed by atoms with van der Waals surface area (Å²) in [5.74, 6) is 0. The van der Waals surface area contributed by atoms with Gasteiger partial charge in [0.1, 0.15) is 0 Å². The summed E-state index contributed by atoms with van der Waals surface area (Å²) in [5, 5.41) is 0.496. The number of piperidine rings is 1. The van der Waals surface area contributed by atoms with E-state index in [0.717, 1.165) is 37.9 Å². The lowest BCUT2D eigenvalue weighted by Crippen LogP contribution is -2.48. The maximum Gasteiger partial charge on any atom is 0.243 e. The zero-order chi connectivity index (χ0) is 18.6. The zero-order valence-electron chi connectivity index (χ0n) is 15.7. The highest BCUT2D eigenvalue weighted by Crippen LogP contribution is 2.26. The predicted octanol–water partition coefficient (Wildman–Crippen LogP) is 2.69. The molecule has 0 radical (unpaired) electrons. The van der Waals surface area contributed by atoms with Crippen LogP contribution in [0.1, 0.15) is 24.8 Å². The maximum absolute atomic E-state index is 13.0. The number of rotatable bonds is 7. The molecule has 1 aliphatic heterocycles. The topological polar surface area (TPSA) is 43.9 Å². The minimum Gasteiger partial charge on any atom is -0.309 e. The van der Waals surface area contributed by atoms with Crippen LogP contribution in [-0.4, -0.2) is 75.9 Å². The van der Waals surface area contributed by atoms with Gasteiger partial charge in [0.05, 0.1) is 4.90 Å². The van der Waals surface area contributed by atoms with Crippen molar-refractivity contribution in [3.8, 4) is 0 Å². The zero-order valence-corrected chi connectivity index (χ0v) is 17.3. The van der Waals surface area contributed by atoms with Crippen LogP contribution in [-0.2, 0) is 10.0 Å². The van der Waals surface area contributed by atoms with Crippen LogP contribution in [0.15, 0.2) is 23.1 Å². The lowest BCUT2D eigenvalue weighted by atomic mass is 10.1. The largest absolute Gasteiger partial charge is 0.309 e. The number of hydrogen-bond acceptors (Lipinski definition) is 4. The van der Waals surface area contributed by atoms with Crippen LogP contribution < -0.4 is 0 Å². The Morgan fingerprint density at radius 1 is 1.24 bits per heavy atom. The summed E-state index contributed by atoms with van der Waals surface area (Å²) >= 11 is 6.13. The Hall–Kier alpha value is -0.660. The molecule has 1 heterocycles. The molecule has 1 aliphatic rings. The average molecular weight is 388 g/mol. The van der Waals surface area contributed by atoms with Crippen LogP contribution in [0.2, 0.25) is 5.02 Å². The molecule has 0 aromatic heterocycles. The molecule has 1 aromatic rings. The standard InChI is InChI=1S/C18H30ClN3O2S/c1-15-8-9-17(13-18(15)19)25(23,24)22-12-5-7-16(14-22)21(4)11-6-10-20(2)3/h8-9,13,16H,5-7,10-12,14H2,1-4H3. The monoisotopic (exact) mass is 387 g/mol. The molecule has 2 rings (SSSR count). The van der Waals surface area contributed by atoms with Crippen molar-refractivity contribution in [1.29, 1.82) is 0 Å². The first kappa shape index (κ1) is 20.6. The summed E-state index contributed by atoms with van der Waals surface area (Å²) in [6, 6.07) is 5.26. The first-order valence-corrected chi connectivity index (χ1v) is 10.6. The van der Waals surface area contributed by atoms with E-state index in [-0.39, 0.29) is 6.04 Å². The number of hydrogen-bond donors (Lipinski definition) is 0. The lowest BCUT2D eigenvalue weighted by molar-refractivity contribution is 0.158. The molecule has 1 aromatic carbocycles. The molecule has 1 unspecified atom stereocenters. The molecule has 0 aliphatic carbocycles. The highest BCUT2D eigenvalue weighted by Gasteiger charge is 2.31. The van der Waals surface area contributed by atoms with Crippen LogP contribution in [0.25, 0.3) is 0 Å². The molecule has 0 spiro atoms. The van der Waals surface area contributed by atoms with E-state index in [1.165, 1.54) is 0 Å². The van der Waals surface area contributed by atoms with Crippen LogP contribution in [0.3, 0.4) is 0 Å². The third kappa shape index (κ3) is 5.41. The Balaban J connectivity index is 2.05. The number of benzene rings is 1. The van der Waals surface area contributed by atoms with Gasteiger partial charge in [-0.15, -0.1) is 0 Å². The van der Waals surface area contributed by atoms with Gasteiger partial charge in [0.25, 0.3) is 0 Å². The summed E-state index contributed by atoms with van der Waals surface area (Å²) in [5.41, 5.74) is 0.887. The predicted molar refractivity (Wildman–Crippen MR) is 104 cm³/mol. The van der Waals surface area contributed by atoms with E-state index in [9.17, 15) is 8.42 Å². The molecule has 142 valence electrons. The van der Waals surface area contributed by atoms with E-state index in [1.54, 1.807) is 22.5 Å². The fourth-order valence-corrected chi connectivity index (χ4v) is 4.99. The molecule has 1 fully saturated rings. The van der Waals surface area contributed by atoms with Crippen LogP contribution in [0.5, 0.6) is 0 Å². The summed E-state index contributed by atoms with van der Waals surface area (Å²) in [6.45, 7) is 5.02. The molecule has 0 N–H and O–H groups in total. The Bertz CT molecular complexity index is 679. The number of halogens is 1. The van der Waals surface area contributed by atoms with Crippen LogP contribution >= 0.6 is 11.6 Å². The first-order valence-electron chi connectivity index (χ1n) is 8.83. The molecule has 25 heavy (non-hydrogen) atoms. The first-order chi connectivity index (χ1) is 11.7. The number of aryl methyl sites for hydroxylation is 1. The highest BCUT2D eigenvalue weighted by atomic mass is 35.5. The van der Waals surface area contributed by atoms with Crippen molar-refractivity contribution in [2.75, 3.05) is 47.3 Å². The molecule has 1 atom stereocenters. The van der Waals surface area contributed by atoms with Crippen LogP contribution in [0.4, 0.5) is 0 Å². The van der Waals surface area contributed by atoms with Gasteiger partial charge in [0, 0.05) is 24.2 Å². The van der Waals surface area contributed by atoms with Gasteiger partial charge in [-0.2, -0.15) is 4.31 Å². The van der Waals surface area contributed by atoms with E-state index in [1.807, 2.05) is 6.92 Å². The fourth-order valence-electron chi connectivity index (χ4n) is 3.20. The molecule has 0 amide bonds. The van der Waals surface area contributed by atoms with E-state index >= 15 is 0 Å². The van der Waals surface area contributed by atoms with Gasteiger partial charge in [-0.25, -0.2) is 8.42 Å². The second-order valence-corrected chi connectivity index (χ2v) is 9.55. The summed E-state index contributed by atoms with van der Waals surface area (Å²) in [4.78, 5) is 4.76. The van der Waals surface area contributed by atoms with E-state index in [2.05, 4.69) is 30.9 Å². The van der Waals surface area contributed by atoms with Crippen LogP contribution in [0, 0.1) is 6.92 Å². The summed E-state index contributed by atoms with van der Waals surface area (Å²) in [7, 11) is 2.75. The van der Waals surface area contributed by atoms with Crippen molar-refractivity contribution in [1.82, 2.24) is 14.1 Å². The molecule has 1 saturated heterocycles. The van der Waals surface area contributed by atoms with Crippen molar-refractivity contribution in [3.63, 3.8) is 0 Å². The molecule has 5 nitrogen and oxygen atoms in total. The average Bonchev–Trinajstić information content (AvgIpc) is 2.57. The molecular weight excluding hydrogens is 358 g/mol. The maximum atomic E-state index is 13.0. The smallest absolute Gasteiger partial charge is 0.243 e. The molecule has 0 bridgehead atoms. The number of sulfonamides is 1. The fraction of sp³-hybridized carbons (Fsp3) is 0.667. The van der Waals surface area contributed by atoms with Crippen molar-refractivity contribution in [3.05, 3.63) is 28.8 Å².